The summed E-state index contributed by atoms with van der Waals surface area (Å²) in [6, 6.07) is 4.33. The molecule has 43 heavy (non-hydrogen) atoms. The summed E-state index contributed by atoms with van der Waals surface area (Å²) in [6.45, 7) is 9.26. The van der Waals surface area contributed by atoms with E-state index in [-0.39, 0.29) is 12.1 Å². The summed E-state index contributed by atoms with van der Waals surface area (Å²) in [5, 5.41) is 8.93. The minimum absolute atomic E-state index is 0.116. The Bertz CT molecular complexity index is 1440. The fourth-order valence-electron chi connectivity index (χ4n) is 6.30. The number of hydrogen-bond donors (Lipinski definition) is 0. The molecule has 11 nitrogen and oxygen atoms in total. The lowest BCUT2D eigenvalue weighted by molar-refractivity contribution is -0.0851. The largest absolute Gasteiger partial charge is 0.444 e. The van der Waals surface area contributed by atoms with Crippen molar-refractivity contribution in [3.05, 3.63) is 48.3 Å². The summed E-state index contributed by atoms with van der Waals surface area (Å²) in [4.78, 5) is 31.8. The van der Waals surface area contributed by atoms with Gasteiger partial charge in [-0.15, -0.1) is 5.10 Å². The van der Waals surface area contributed by atoms with Gasteiger partial charge in [-0.05, 0) is 77.3 Å². The summed E-state index contributed by atoms with van der Waals surface area (Å²) in [7, 11) is 0. The van der Waals surface area contributed by atoms with Crippen LogP contribution in [0.2, 0.25) is 0 Å². The molecule has 2 aliphatic heterocycles. The second-order valence-corrected chi connectivity index (χ2v) is 13.7. The zero-order chi connectivity index (χ0) is 29.6. The minimum atomic E-state index is -0.511. The van der Waals surface area contributed by atoms with Gasteiger partial charge in [0.15, 0.2) is 5.54 Å². The Hall–Kier alpha value is -3.60. The molecule has 0 N–H and O–H groups in total. The van der Waals surface area contributed by atoms with Gasteiger partial charge in [-0.2, -0.15) is 0 Å². The zero-order valence-corrected chi connectivity index (χ0v) is 25.5. The number of ether oxygens (including phenoxy) is 2. The highest BCUT2D eigenvalue weighted by atomic mass is 16.6. The Morgan fingerprint density at radius 1 is 1.07 bits per heavy atom. The van der Waals surface area contributed by atoms with Crippen molar-refractivity contribution >= 4 is 11.8 Å². The highest BCUT2D eigenvalue weighted by Gasteiger charge is 2.45. The monoisotopic (exact) mass is 586 g/mol. The maximum absolute atomic E-state index is 13.3. The molecule has 4 fully saturated rings. The van der Waals surface area contributed by atoms with Crippen molar-refractivity contribution in [2.45, 2.75) is 88.8 Å². The average molecular weight is 587 g/mol. The molecule has 0 radical (unpaired) electrons. The van der Waals surface area contributed by atoms with E-state index in [9.17, 15) is 4.79 Å². The van der Waals surface area contributed by atoms with E-state index < -0.39 is 11.1 Å². The summed E-state index contributed by atoms with van der Waals surface area (Å²) < 4.78 is 13.4. The number of anilines is 1. The maximum atomic E-state index is 13.3. The van der Waals surface area contributed by atoms with Crippen LogP contribution in [0.4, 0.5) is 10.5 Å². The van der Waals surface area contributed by atoms with Crippen LogP contribution in [0.5, 0.6) is 0 Å². The number of aromatic nitrogens is 6. The standard InChI is InChI=1S/C32H42N8O3/c1-31(2,3)43-30(41)39(17-22-6-4-7-22)25-8-5-13-38(18-25)24-11-12-29(34-14-24)32(20-42-21-32)40-19-28(36-37-40)27-16-33-15-26(35-27)23-9-10-23/h11-12,14-16,19,22-23,25H,4-10,13,17-18,20-21H2,1-3H3/t25-/m1/s1. The van der Waals surface area contributed by atoms with Gasteiger partial charge < -0.3 is 19.3 Å². The maximum Gasteiger partial charge on any atom is 0.410 e. The van der Waals surface area contributed by atoms with E-state index in [2.05, 4.69) is 32.3 Å². The molecular weight excluding hydrogens is 544 g/mol. The van der Waals surface area contributed by atoms with E-state index in [0.717, 1.165) is 55.2 Å². The topological polar surface area (TPSA) is 111 Å². The molecule has 3 aromatic heterocycles. The summed E-state index contributed by atoms with van der Waals surface area (Å²) in [5.74, 6) is 1.10. The Morgan fingerprint density at radius 3 is 2.56 bits per heavy atom. The van der Waals surface area contributed by atoms with Crippen LogP contribution < -0.4 is 4.90 Å². The second kappa shape index (κ2) is 11.2. The van der Waals surface area contributed by atoms with Gasteiger partial charge in [0.25, 0.3) is 0 Å². The Balaban J connectivity index is 1.07. The van der Waals surface area contributed by atoms with Crippen molar-refractivity contribution in [1.82, 2.24) is 34.8 Å². The molecule has 1 atom stereocenters. The van der Waals surface area contributed by atoms with Gasteiger partial charge in [-0.25, -0.2) is 14.5 Å². The molecule has 4 aliphatic rings. The van der Waals surface area contributed by atoms with E-state index in [1.807, 2.05) is 48.9 Å². The average Bonchev–Trinajstić information content (AvgIpc) is 3.69. The number of carbonyl (C=O) groups excluding carboxylic acids is 1. The second-order valence-electron chi connectivity index (χ2n) is 13.7. The van der Waals surface area contributed by atoms with Crippen LogP contribution in [-0.4, -0.2) is 85.4 Å². The normalized spacial score (nSPS) is 22.0. The highest BCUT2D eigenvalue weighted by molar-refractivity contribution is 5.69. The SMILES string of the molecule is CC(C)(C)OC(=O)N(CC1CCC1)[C@@H]1CCCN(c2ccc(C3(n4cc(-c5cncc(C6CC6)n5)nn4)COC3)nc2)C1. The van der Waals surface area contributed by atoms with Gasteiger partial charge in [0.1, 0.15) is 17.0 Å². The van der Waals surface area contributed by atoms with Crippen molar-refractivity contribution in [3.8, 4) is 11.4 Å². The molecule has 0 spiro atoms. The van der Waals surface area contributed by atoms with E-state index in [1.165, 1.54) is 32.1 Å². The molecule has 2 saturated carbocycles. The fraction of sp³-hybridized carbons (Fsp3) is 0.625. The van der Waals surface area contributed by atoms with Crippen LogP contribution in [0, 0.1) is 5.92 Å². The number of carbonyl (C=O) groups is 1. The Morgan fingerprint density at radius 2 is 1.91 bits per heavy atom. The van der Waals surface area contributed by atoms with Crippen LogP contribution in [0.1, 0.15) is 83.0 Å². The van der Waals surface area contributed by atoms with Crippen molar-refractivity contribution in [2.24, 2.45) is 5.92 Å². The molecule has 3 aromatic rings. The lowest BCUT2D eigenvalue weighted by Crippen LogP contribution is -2.54. The summed E-state index contributed by atoms with van der Waals surface area (Å²) >= 11 is 0. The molecule has 7 rings (SSSR count). The quantitative estimate of drug-likeness (QED) is 0.368. The summed E-state index contributed by atoms with van der Waals surface area (Å²) in [6.07, 6.45) is 15.3. The number of pyridine rings is 1. The number of piperidine rings is 1. The number of hydrogen-bond acceptors (Lipinski definition) is 9. The lowest BCUT2D eigenvalue weighted by atomic mass is 9.84. The Kier molecular flexibility index (Phi) is 7.31. The van der Waals surface area contributed by atoms with Gasteiger partial charge in [0.05, 0.1) is 54.9 Å². The highest BCUT2D eigenvalue weighted by Crippen LogP contribution is 2.39. The predicted molar refractivity (Wildman–Crippen MR) is 161 cm³/mol. The molecule has 5 heterocycles. The molecule has 2 saturated heterocycles. The summed E-state index contributed by atoms with van der Waals surface area (Å²) in [5.41, 5.74) is 3.41. The van der Waals surface area contributed by atoms with Crippen LogP contribution in [0.25, 0.3) is 11.4 Å². The predicted octanol–water partition coefficient (Wildman–Crippen LogP) is 4.79. The van der Waals surface area contributed by atoms with Gasteiger partial charge >= 0.3 is 6.09 Å². The minimum Gasteiger partial charge on any atom is -0.444 e. The first kappa shape index (κ1) is 28.2. The van der Waals surface area contributed by atoms with E-state index in [0.29, 0.717) is 30.7 Å². The third kappa shape index (κ3) is 5.83. The number of amides is 1. The third-order valence-corrected chi connectivity index (χ3v) is 9.26. The molecule has 11 heteroatoms. The number of rotatable bonds is 8. The first-order valence-electron chi connectivity index (χ1n) is 15.8. The smallest absolute Gasteiger partial charge is 0.410 e. The fourth-order valence-corrected chi connectivity index (χ4v) is 6.30. The molecule has 228 valence electrons. The molecule has 0 unspecified atom stereocenters. The lowest BCUT2D eigenvalue weighted by Gasteiger charge is -2.43. The molecular formula is C32H42N8O3. The molecule has 2 aliphatic carbocycles. The van der Waals surface area contributed by atoms with Gasteiger partial charge in [-0.1, -0.05) is 11.6 Å². The first-order chi connectivity index (χ1) is 20.8. The van der Waals surface area contributed by atoms with Crippen LogP contribution in [0.3, 0.4) is 0 Å². The van der Waals surface area contributed by atoms with Crippen molar-refractivity contribution in [3.63, 3.8) is 0 Å². The Labute approximate surface area is 253 Å². The third-order valence-electron chi connectivity index (χ3n) is 9.26. The molecule has 0 aromatic carbocycles. The van der Waals surface area contributed by atoms with Crippen LogP contribution >= 0.6 is 0 Å². The van der Waals surface area contributed by atoms with E-state index >= 15 is 0 Å². The van der Waals surface area contributed by atoms with Gasteiger partial charge in [0.2, 0.25) is 0 Å². The molecule has 0 bridgehead atoms. The first-order valence-corrected chi connectivity index (χ1v) is 15.8. The molecule has 1 amide bonds. The van der Waals surface area contributed by atoms with Crippen LogP contribution in [-0.2, 0) is 15.0 Å². The van der Waals surface area contributed by atoms with E-state index in [1.54, 1.807) is 6.20 Å². The number of nitrogens with zero attached hydrogens (tertiary/aromatic N) is 8. The van der Waals surface area contributed by atoms with Crippen LogP contribution in [0.15, 0.2) is 36.9 Å². The van der Waals surface area contributed by atoms with Crippen molar-refractivity contribution in [1.29, 1.82) is 0 Å². The van der Waals surface area contributed by atoms with Crippen molar-refractivity contribution < 1.29 is 14.3 Å². The van der Waals surface area contributed by atoms with Crippen molar-refractivity contribution in [2.75, 3.05) is 37.7 Å². The zero-order valence-electron chi connectivity index (χ0n) is 25.5. The van der Waals surface area contributed by atoms with Gasteiger partial charge in [-0.3, -0.25) is 9.97 Å². The van der Waals surface area contributed by atoms with E-state index in [4.69, 9.17) is 19.4 Å². The van der Waals surface area contributed by atoms with Gasteiger partial charge in [0, 0.05) is 31.7 Å².